The van der Waals surface area contributed by atoms with E-state index in [0.717, 1.165) is 49.9 Å². The van der Waals surface area contributed by atoms with E-state index in [4.69, 9.17) is 0 Å². The lowest BCUT2D eigenvalue weighted by Crippen LogP contribution is -2.60. The molecule has 7 heteroatoms. The van der Waals surface area contributed by atoms with Gasteiger partial charge in [-0.2, -0.15) is 0 Å². The second-order valence-electron chi connectivity index (χ2n) is 10.0. The van der Waals surface area contributed by atoms with Crippen LogP contribution in [-0.4, -0.2) is 63.6 Å². The van der Waals surface area contributed by atoms with Crippen molar-refractivity contribution in [3.05, 3.63) is 64.7 Å². The van der Waals surface area contributed by atoms with Gasteiger partial charge in [-0.15, -0.1) is 0 Å². The Morgan fingerprint density at radius 2 is 1.85 bits per heavy atom. The molecule has 0 spiro atoms. The van der Waals surface area contributed by atoms with E-state index in [1.807, 2.05) is 6.92 Å². The average molecular weight is 482 g/mol. The van der Waals surface area contributed by atoms with Crippen molar-refractivity contribution in [1.29, 1.82) is 0 Å². The maximum atomic E-state index is 12.5. The number of nitrogens with zero attached hydrogens (tertiary/aromatic N) is 2. The molecule has 182 valence electrons. The number of sulfonamides is 1. The average Bonchev–Trinajstić information content (AvgIpc) is 2.76. The SMILES string of the molecule is CCCS(=O)(=O)NC1CN(c2ccc3c(c2C=O)[C@@H](Cc2ccccc2)[C@@H](N2CCC2)CC3)C1. The van der Waals surface area contributed by atoms with Crippen LogP contribution in [0.3, 0.4) is 0 Å². The van der Waals surface area contributed by atoms with Gasteiger partial charge >= 0.3 is 0 Å². The van der Waals surface area contributed by atoms with Gasteiger partial charge in [-0.1, -0.05) is 43.3 Å². The van der Waals surface area contributed by atoms with Gasteiger partial charge < -0.3 is 4.90 Å². The standard InChI is InChI=1S/C27H35N3O3S/c1-2-15-34(32,33)28-22-17-30(18-22)26-12-10-21-9-11-25(29-13-6-14-29)23(27(21)24(26)19-31)16-20-7-4-3-5-8-20/h3-5,7-8,10,12,19,22-23,25,28H,2,6,9,11,13-18H2,1H3/t23-,25-/m0/s1. The smallest absolute Gasteiger partial charge is 0.211 e. The Morgan fingerprint density at radius 1 is 1.09 bits per heavy atom. The predicted molar refractivity (Wildman–Crippen MR) is 136 cm³/mol. The molecule has 0 radical (unpaired) electrons. The number of anilines is 1. The molecule has 0 aromatic heterocycles. The molecule has 3 aliphatic rings. The van der Waals surface area contributed by atoms with E-state index in [-0.39, 0.29) is 17.7 Å². The summed E-state index contributed by atoms with van der Waals surface area (Å²) in [7, 11) is -3.24. The Labute approximate surface area is 203 Å². The third kappa shape index (κ3) is 4.66. The topological polar surface area (TPSA) is 69.7 Å². The quantitative estimate of drug-likeness (QED) is 0.556. The Kier molecular flexibility index (Phi) is 6.78. The van der Waals surface area contributed by atoms with Gasteiger partial charge in [0.05, 0.1) is 11.8 Å². The number of aldehydes is 1. The Balaban J connectivity index is 1.44. The lowest BCUT2D eigenvalue weighted by atomic mass is 9.72. The third-order valence-electron chi connectivity index (χ3n) is 7.72. The molecule has 0 unspecified atom stereocenters. The summed E-state index contributed by atoms with van der Waals surface area (Å²) in [5.41, 5.74) is 5.57. The van der Waals surface area contributed by atoms with Crippen LogP contribution in [0.1, 0.15) is 59.2 Å². The molecule has 2 heterocycles. The van der Waals surface area contributed by atoms with Gasteiger partial charge in [-0.3, -0.25) is 9.69 Å². The molecule has 0 bridgehead atoms. The maximum Gasteiger partial charge on any atom is 0.211 e. The molecule has 5 rings (SSSR count). The van der Waals surface area contributed by atoms with Crippen LogP contribution in [0.5, 0.6) is 0 Å². The summed E-state index contributed by atoms with van der Waals surface area (Å²) in [6.07, 6.45) is 5.96. The molecule has 2 fully saturated rings. The summed E-state index contributed by atoms with van der Waals surface area (Å²) in [6, 6.07) is 15.3. The fourth-order valence-corrected chi connectivity index (χ4v) is 7.28. The van der Waals surface area contributed by atoms with E-state index in [2.05, 4.69) is 57.0 Å². The number of nitrogens with one attached hydrogen (secondary N) is 1. The van der Waals surface area contributed by atoms with Crippen LogP contribution < -0.4 is 9.62 Å². The molecule has 2 atom stereocenters. The van der Waals surface area contributed by atoms with Gasteiger partial charge in [0.1, 0.15) is 0 Å². The summed E-state index contributed by atoms with van der Waals surface area (Å²) in [4.78, 5) is 17.3. The summed E-state index contributed by atoms with van der Waals surface area (Å²) in [5.74, 6) is 0.438. The maximum absolute atomic E-state index is 12.5. The minimum absolute atomic E-state index is 0.0963. The molecule has 34 heavy (non-hydrogen) atoms. The molecule has 2 saturated heterocycles. The fraction of sp³-hybridized carbons (Fsp3) is 0.519. The zero-order chi connectivity index (χ0) is 23.7. The highest BCUT2D eigenvalue weighted by molar-refractivity contribution is 7.89. The van der Waals surface area contributed by atoms with Gasteiger partial charge in [0.2, 0.25) is 10.0 Å². The highest BCUT2D eigenvalue weighted by Gasteiger charge is 2.39. The van der Waals surface area contributed by atoms with Gasteiger partial charge in [-0.05, 0) is 68.0 Å². The summed E-state index contributed by atoms with van der Waals surface area (Å²) in [6.45, 7) is 5.36. The number of hydrogen-bond acceptors (Lipinski definition) is 5. The van der Waals surface area contributed by atoms with E-state index < -0.39 is 10.0 Å². The summed E-state index contributed by atoms with van der Waals surface area (Å²) >= 11 is 0. The molecule has 2 aromatic carbocycles. The largest absolute Gasteiger partial charge is 0.368 e. The van der Waals surface area contributed by atoms with Crippen LogP contribution in [0, 0.1) is 0 Å². The van der Waals surface area contributed by atoms with Crippen molar-refractivity contribution in [3.63, 3.8) is 0 Å². The molecule has 2 aromatic rings. The molecular formula is C27H35N3O3S. The highest BCUT2D eigenvalue weighted by atomic mass is 32.2. The van der Waals surface area contributed by atoms with E-state index in [0.29, 0.717) is 25.6 Å². The van der Waals surface area contributed by atoms with Gasteiger partial charge in [-0.25, -0.2) is 13.1 Å². The number of carbonyl (C=O) groups excluding carboxylic acids is 1. The number of hydrogen-bond donors (Lipinski definition) is 1. The van der Waals surface area contributed by atoms with Gasteiger partial charge in [0, 0.05) is 36.3 Å². The van der Waals surface area contributed by atoms with E-state index in [9.17, 15) is 13.2 Å². The first-order valence-electron chi connectivity index (χ1n) is 12.6. The molecule has 6 nitrogen and oxygen atoms in total. The number of aryl methyl sites for hydroxylation is 1. The van der Waals surface area contributed by atoms with Crippen LogP contribution in [0.15, 0.2) is 42.5 Å². The van der Waals surface area contributed by atoms with Crippen molar-refractivity contribution < 1.29 is 13.2 Å². The van der Waals surface area contributed by atoms with E-state index in [1.165, 1.54) is 23.1 Å². The monoisotopic (exact) mass is 481 g/mol. The summed E-state index contributed by atoms with van der Waals surface area (Å²) in [5, 5.41) is 0. The van der Waals surface area contributed by atoms with Gasteiger partial charge in [0.25, 0.3) is 0 Å². The second kappa shape index (κ2) is 9.80. The third-order valence-corrected chi connectivity index (χ3v) is 9.35. The van der Waals surface area contributed by atoms with Crippen LogP contribution in [-0.2, 0) is 22.9 Å². The summed E-state index contributed by atoms with van der Waals surface area (Å²) < 4.78 is 27.1. The van der Waals surface area contributed by atoms with E-state index in [1.54, 1.807) is 0 Å². The predicted octanol–water partition coefficient (Wildman–Crippen LogP) is 3.36. The normalized spacial score (nSPS) is 23.1. The van der Waals surface area contributed by atoms with Crippen LogP contribution >= 0.6 is 0 Å². The highest BCUT2D eigenvalue weighted by Crippen LogP contribution is 2.43. The number of likely N-dealkylation sites (tertiary alicyclic amines) is 1. The minimum atomic E-state index is -3.24. The van der Waals surface area contributed by atoms with Crippen molar-refractivity contribution in [2.45, 2.75) is 57.0 Å². The molecule has 0 amide bonds. The zero-order valence-electron chi connectivity index (χ0n) is 19.9. The van der Waals surface area contributed by atoms with Crippen LogP contribution in [0.25, 0.3) is 0 Å². The second-order valence-corrected chi connectivity index (χ2v) is 11.9. The van der Waals surface area contributed by atoms with Crippen LogP contribution in [0.2, 0.25) is 0 Å². The van der Waals surface area contributed by atoms with Crippen molar-refractivity contribution in [2.24, 2.45) is 0 Å². The first-order chi connectivity index (χ1) is 16.5. The lowest BCUT2D eigenvalue weighted by molar-refractivity contribution is 0.0871. The van der Waals surface area contributed by atoms with Crippen molar-refractivity contribution in [2.75, 3.05) is 36.8 Å². The fourth-order valence-electron chi connectivity index (χ4n) is 5.97. The van der Waals surface area contributed by atoms with Crippen molar-refractivity contribution >= 4 is 22.0 Å². The van der Waals surface area contributed by atoms with Crippen molar-refractivity contribution in [3.8, 4) is 0 Å². The number of benzene rings is 2. The number of fused-ring (bicyclic) bond motifs is 1. The Morgan fingerprint density at radius 3 is 2.50 bits per heavy atom. The minimum Gasteiger partial charge on any atom is -0.368 e. The van der Waals surface area contributed by atoms with Gasteiger partial charge in [0.15, 0.2) is 6.29 Å². The van der Waals surface area contributed by atoms with Crippen LogP contribution in [0.4, 0.5) is 5.69 Å². The first-order valence-corrected chi connectivity index (χ1v) is 14.3. The molecule has 2 aliphatic heterocycles. The van der Waals surface area contributed by atoms with Crippen molar-refractivity contribution in [1.82, 2.24) is 9.62 Å². The Hall–Kier alpha value is -2.22. The molecular weight excluding hydrogens is 446 g/mol. The Bertz CT molecular complexity index is 1130. The molecule has 1 aliphatic carbocycles. The van der Waals surface area contributed by atoms with E-state index >= 15 is 0 Å². The number of carbonyl (C=O) groups is 1. The molecule has 0 saturated carbocycles. The lowest BCUT2D eigenvalue weighted by Gasteiger charge is -2.47. The number of rotatable bonds is 9. The first kappa shape index (κ1) is 23.5. The zero-order valence-corrected chi connectivity index (χ0v) is 20.8. The molecule has 1 N–H and O–H groups in total.